The summed E-state index contributed by atoms with van der Waals surface area (Å²) in [4.78, 5) is 10.5. The number of alkyl halides is 2. The zero-order chi connectivity index (χ0) is 10.7. The van der Waals surface area contributed by atoms with Gasteiger partial charge in [-0.3, -0.25) is 0 Å². The lowest BCUT2D eigenvalue weighted by Crippen LogP contribution is -2.05. The van der Waals surface area contributed by atoms with E-state index >= 15 is 0 Å². The quantitative estimate of drug-likeness (QED) is 0.731. The van der Waals surface area contributed by atoms with E-state index in [1.165, 1.54) is 0 Å². The molecule has 0 spiro atoms. The predicted molar refractivity (Wildman–Crippen MR) is 44.4 cm³/mol. The summed E-state index contributed by atoms with van der Waals surface area (Å²) in [6.07, 6.45) is 0. The van der Waals surface area contributed by atoms with Crippen LogP contribution in [0.15, 0.2) is 18.2 Å². The van der Waals surface area contributed by atoms with Gasteiger partial charge in [-0.25, -0.2) is 4.79 Å². The highest BCUT2D eigenvalue weighted by molar-refractivity contribution is 5.93. The Morgan fingerprint density at radius 3 is 2.57 bits per heavy atom. The molecule has 0 aliphatic rings. The highest BCUT2D eigenvalue weighted by atomic mass is 19.3. The topological polar surface area (TPSA) is 72.5 Å². The van der Waals surface area contributed by atoms with E-state index in [-0.39, 0.29) is 17.0 Å². The molecule has 1 aromatic rings. The van der Waals surface area contributed by atoms with Gasteiger partial charge in [-0.1, -0.05) is 0 Å². The van der Waals surface area contributed by atoms with Crippen LogP contribution in [0.4, 0.5) is 14.5 Å². The van der Waals surface area contributed by atoms with Gasteiger partial charge in [0.15, 0.2) is 0 Å². The third-order valence-corrected chi connectivity index (χ3v) is 1.48. The molecule has 3 N–H and O–H groups in total. The number of hydrogen-bond acceptors (Lipinski definition) is 3. The average Bonchev–Trinajstić information content (AvgIpc) is 2.01. The van der Waals surface area contributed by atoms with E-state index in [1.54, 1.807) is 0 Å². The second-order valence-corrected chi connectivity index (χ2v) is 2.43. The summed E-state index contributed by atoms with van der Waals surface area (Å²) in [6.45, 7) is -2.95. The monoisotopic (exact) mass is 203 g/mol. The van der Waals surface area contributed by atoms with Gasteiger partial charge in [0.1, 0.15) is 5.75 Å². The summed E-state index contributed by atoms with van der Waals surface area (Å²) < 4.78 is 27.5. The predicted octanol–water partition coefficient (Wildman–Crippen LogP) is 1.57. The van der Waals surface area contributed by atoms with Gasteiger partial charge in [0, 0.05) is 11.8 Å². The van der Waals surface area contributed by atoms with Crippen molar-refractivity contribution < 1.29 is 23.4 Å². The molecule has 76 valence electrons. The van der Waals surface area contributed by atoms with Crippen molar-refractivity contribution in [1.29, 1.82) is 0 Å². The number of ether oxygens (including phenoxy) is 1. The summed E-state index contributed by atoms with van der Waals surface area (Å²) in [6, 6.07) is 3.26. The fourth-order valence-corrected chi connectivity index (χ4v) is 0.912. The number of aromatic carboxylic acids is 1. The Kier molecular flexibility index (Phi) is 2.85. The van der Waals surface area contributed by atoms with Crippen molar-refractivity contribution in [3.05, 3.63) is 23.8 Å². The zero-order valence-electron chi connectivity index (χ0n) is 6.91. The largest absolute Gasteiger partial charge is 0.478 e. The summed E-state index contributed by atoms with van der Waals surface area (Å²) in [7, 11) is 0. The minimum absolute atomic E-state index is 0.115. The second kappa shape index (κ2) is 3.91. The first kappa shape index (κ1) is 10.2. The number of carboxylic acid groups (broad SMARTS) is 1. The minimum atomic E-state index is -2.95. The molecular formula is C8H7F2NO3. The zero-order valence-corrected chi connectivity index (χ0v) is 6.91. The molecule has 6 heteroatoms. The summed E-state index contributed by atoms with van der Waals surface area (Å²) in [5.74, 6) is -1.38. The SMILES string of the molecule is Nc1cc(OC(F)F)ccc1C(=O)O. The van der Waals surface area contributed by atoms with Crippen molar-refractivity contribution in [2.75, 3.05) is 5.73 Å². The van der Waals surface area contributed by atoms with Gasteiger partial charge in [0.25, 0.3) is 0 Å². The number of hydrogen-bond donors (Lipinski definition) is 2. The molecule has 0 atom stereocenters. The number of nitrogens with two attached hydrogens (primary N) is 1. The molecule has 1 aromatic carbocycles. The third kappa shape index (κ3) is 2.32. The maximum absolute atomic E-state index is 11.7. The van der Waals surface area contributed by atoms with Crippen molar-refractivity contribution in [1.82, 2.24) is 0 Å². The molecule has 1 rings (SSSR count). The molecule has 0 fully saturated rings. The number of carboxylic acids is 1. The lowest BCUT2D eigenvalue weighted by atomic mass is 10.2. The highest BCUT2D eigenvalue weighted by Gasteiger charge is 2.10. The number of anilines is 1. The summed E-state index contributed by atoms with van der Waals surface area (Å²) in [5.41, 5.74) is 5.03. The van der Waals surface area contributed by atoms with Crippen LogP contribution in [0, 0.1) is 0 Å². The molecule has 0 saturated heterocycles. The van der Waals surface area contributed by atoms with E-state index in [0.717, 1.165) is 18.2 Å². The molecule has 0 amide bonds. The van der Waals surface area contributed by atoms with Gasteiger partial charge in [-0.2, -0.15) is 8.78 Å². The average molecular weight is 203 g/mol. The van der Waals surface area contributed by atoms with Crippen LogP contribution in [0.1, 0.15) is 10.4 Å². The maximum Gasteiger partial charge on any atom is 0.387 e. The molecule has 4 nitrogen and oxygen atoms in total. The number of rotatable bonds is 3. The van der Waals surface area contributed by atoms with Crippen LogP contribution in [0.5, 0.6) is 5.75 Å². The van der Waals surface area contributed by atoms with Crippen LogP contribution >= 0.6 is 0 Å². The lowest BCUT2D eigenvalue weighted by molar-refractivity contribution is -0.0497. The van der Waals surface area contributed by atoms with Crippen molar-refractivity contribution >= 4 is 11.7 Å². The number of nitrogen functional groups attached to an aromatic ring is 1. The fraction of sp³-hybridized carbons (Fsp3) is 0.125. The first-order valence-corrected chi connectivity index (χ1v) is 3.58. The first-order chi connectivity index (χ1) is 6.50. The van der Waals surface area contributed by atoms with E-state index in [4.69, 9.17) is 10.8 Å². The smallest absolute Gasteiger partial charge is 0.387 e. The summed E-state index contributed by atoms with van der Waals surface area (Å²) in [5, 5.41) is 8.57. The molecule has 0 aliphatic carbocycles. The molecule has 0 radical (unpaired) electrons. The number of carbonyl (C=O) groups is 1. The van der Waals surface area contributed by atoms with E-state index in [2.05, 4.69) is 4.74 Å². The highest BCUT2D eigenvalue weighted by Crippen LogP contribution is 2.21. The number of halogens is 2. The van der Waals surface area contributed by atoms with Gasteiger partial charge >= 0.3 is 12.6 Å². The van der Waals surface area contributed by atoms with Crippen LogP contribution in [0.25, 0.3) is 0 Å². The minimum Gasteiger partial charge on any atom is -0.478 e. The third-order valence-electron chi connectivity index (χ3n) is 1.48. The van der Waals surface area contributed by atoms with Crippen LogP contribution in [0.2, 0.25) is 0 Å². The van der Waals surface area contributed by atoms with Crippen LogP contribution in [-0.4, -0.2) is 17.7 Å². The Hall–Kier alpha value is -1.85. The van der Waals surface area contributed by atoms with Gasteiger partial charge in [0.2, 0.25) is 0 Å². The molecule has 0 saturated carbocycles. The lowest BCUT2D eigenvalue weighted by Gasteiger charge is -2.06. The van der Waals surface area contributed by atoms with E-state index in [9.17, 15) is 13.6 Å². The molecule has 0 aliphatic heterocycles. The van der Waals surface area contributed by atoms with Gasteiger partial charge in [-0.05, 0) is 12.1 Å². The molecule has 0 heterocycles. The van der Waals surface area contributed by atoms with Crippen LogP contribution < -0.4 is 10.5 Å². The standard InChI is InChI=1S/C8H7F2NO3/c9-8(10)14-4-1-2-5(7(12)13)6(11)3-4/h1-3,8H,11H2,(H,12,13). The van der Waals surface area contributed by atoms with E-state index in [1.807, 2.05) is 0 Å². The molecular weight excluding hydrogens is 196 g/mol. The Morgan fingerprint density at radius 2 is 2.14 bits per heavy atom. The maximum atomic E-state index is 11.7. The summed E-state index contributed by atoms with van der Waals surface area (Å²) >= 11 is 0. The molecule has 14 heavy (non-hydrogen) atoms. The van der Waals surface area contributed by atoms with Crippen molar-refractivity contribution in [2.24, 2.45) is 0 Å². The number of benzene rings is 1. The van der Waals surface area contributed by atoms with Crippen LogP contribution in [-0.2, 0) is 0 Å². The fourth-order valence-electron chi connectivity index (χ4n) is 0.912. The Labute approximate surface area is 77.9 Å². The van der Waals surface area contributed by atoms with Gasteiger partial charge in [-0.15, -0.1) is 0 Å². The van der Waals surface area contributed by atoms with Crippen molar-refractivity contribution in [3.8, 4) is 5.75 Å². The Morgan fingerprint density at radius 1 is 1.50 bits per heavy atom. The first-order valence-electron chi connectivity index (χ1n) is 3.58. The van der Waals surface area contributed by atoms with Crippen molar-refractivity contribution in [3.63, 3.8) is 0 Å². The Bertz CT molecular complexity index is 354. The molecule has 0 unspecified atom stereocenters. The van der Waals surface area contributed by atoms with Crippen molar-refractivity contribution in [2.45, 2.75) is 6.61 Å². The molecule has 0 bridgehead atoms. The van der Waals surface area contributed by atoms with Gasteiger partial charge < -0.3 is 15.6 Å². The van der Waals surface area contributed by atoms with Crippen LogP contribution in [0.3, 0.4) is 0 Å². The van der Waals surface area contributed by atoms with E-state index < -0.39 is 12.6 Å². The Balaban J connectivity index is 2.94. The van der Waals surface area contributed by atoms with E-state index in [0.29, 0.717) is 0 Å². The normalized spacial score (nSPS) is 10.2. The second-order valence-electron chi connectivity index (χ2n) is 2.43. The molecule has 0 aromatic heterocycles. The van der Waals surface area contributed by atoms with Gasteiger partial charge in [0.05, 0.1) is 5.56 Å².